The minimum Gasteiger partial charge on any atom is -0.369 e. The molecule has 0 saturated carbocycles. The van der Waals surface area contributed by atoms with Gasteiger partial charge in [-0.1, -0.05) is 6.92 Å². The molecule has 1 spiro atoms. The van der Waals surface area contributed by atoms with Crippen LogP contribution < -0.4 is 0 Å². The topological polar surface area (TPSA) is 15.8 Å². The molecule has 0 amide bonds. The summed E-state index contributed by atoms with van der Waals surface area (Å²) < 4.78 is 7.82. The number of rotatable bonds is 0. The lowest BCUT2D eigenvalue weighted by molar-refractivity contribution is 0.154. The van der Waals surface area contributed by atoms with Gasteiger partial charge in [0.05, 0.1) is 12.2 Å². The van der Waals surface area contributed by atoms with Crippen molar-refractivity contribution >= 4 is 22.9 Å². The first-order chi connectivity index (χ1) is 4.73. The molecule has 0 bridgehead atoms. The summed E-state index contributed by atoms with van der Waals surface area (Å²) in [4.78, 5) is 0. The highest BCUT2D eigenvalue weighted by Gasteiger charge is 2.51. The molecule has 0 aromatic carbocycles. The number of nitrogens with zero attached hydrogens (tertiary/aromatic N) is 1. The molecule has 0 aromatic heterocycles. The molecule has 2 heterocycles. The molecule has 2 atom stereocenters. The lowest BCUT2D eigenvalue weighted by Crippen LogP contribution is -2.39. The molecule has 2 rings (SSSR count). The summed E-state index contributed by atoms with van der Waals surface area (Å²) in [6.45, 7) is 5.70. The van der Waals surface area contributed by atoms with E-state index in [1.54, 1.807) is 0 Å². The molecular formula is C7H12INO. The number of ether oxygens (including phenoxy) is 1. The molecule has 0 aliphatic carbocycles. The van der Waals surface area contributed by atoms with Gasteiger partial charge in [-0.15, -0.1) is 0 Å². The molecule has 2 aliphatic heterocycles. The highest BCUT2D eigenvalue weighted by Crippen LogP contribution is 2.42. The van der Waals surface area contributed by atoms with Crippen LogP contribution in [0.3, 0.4) is 0 Å². The van der Waals surface area contributed by atoms with Crippen LogP contribution in [0.4, 0.5) is 0 Å². The second kappa shape index (κ2) is 2.32. The van der Waals surface area contributed by atoms with Crippen LogP contribution in [-0.2, 0) is 4.74 Å². The van der Waals surface area contributed by atoms with Crippen molar-refractivity contribution < 1.29 is 4.74 Å². The Morgan fingerprint density at radius 2 is 2.40 bits per heavy atom. The molecule has 58 valence electrons. The predicted octanol–water partition coefficient (Wildman–Crippen LogP) is 1.45. The van der Waals surface area contributed by atoms with Gasteiger partial charge in [-0.2, -0.15) is 0 Å². The Labute approximate surface area is 75.4 Å². The third kappa shape index (κ3) is 1.08. The number of hydrogen-bond acceptors (Lipinski definition) is 2. The van der Waals surface area contributed by atoms with E-state index in [2.05, 4.69) is 32.9 Å². The fourth-order valence-electron chi connectivity index (χ4n) is 1.63. The highest BCUT2D eigenvalue weighted by molar-refractivity contribution is 14.1. The Hall–Kier alpha value is 0.650. The lowest BCUT2D eigenvalue weighted by Gasteiger charge is -2.31. The van der Waals surface area contributed by atoms with E-state index in [-0.39, 0.29) is 0 Å². The van der Waals surface area contributed by atoms with Crippen LogP contribution in [-0.4, -0.2) is 28.4 Å². The molecule has 10 heavy (non-hydrogen) atoms. The zero-order valence-corrected chi connectivity index (χ0v) is 8.30. The number of hydrogen-bond donors (Lipinski definition) is 0. The van der Waals surface area contributed by atoms with Gasteiger partial charge in [-0.3, -0.25) is 0 Å². The van der Waals surface area contributed by atoms with E-state index in [1.807, 2.05) is 0 Å². The van der Waals surface area contributed by atoms with Gasteiger partial charge in [0.15, 0.2) is 0 Å². The van der Waals surface area contributed by atoms with E-state index in [1.165, 1.54) is 19.5 Å². The van der Waals surface area contributed by atoms with Crippen molar-refractivity contribution in [2.75, 3.05) is 19.7 Å². The first kappa shape index (κ1) is 7.31. The Morgan fingerprint density at radius 3 is 2.90 bits per heavy atom. The van der Waals surface area contributed by atoms with Crippen molar-refractivity contribution in [3.05, 3.63) is 0 Å². The zero-order valence-electron chi connectivity index (χ0n) is 6.14. The average Bonchev–Trinajstić information content (AvgIpc) is 2.62. The molecule has 2 aliphatic rings. The first-order valence-electron chi connectivity index (χ1n) is 3.78. The van der Waals surface area contributed by atoms with E-state index in [4.69, 9.17) is 4.74 Å². The zero-order chi connectivity index (χ0) is 7.19. The summed E-state index contributed by atoms with van der Waals surface area (Å²) in [5.74, 6) is 0.734. The molecule has 2 unspecified atom stereocenters. The van der Waals surface area contributed by atoms with Crippen LogP contribution in [0.2, 0.25) is 0 Å². The third-order valence-corrected chi connectivity index (χ3v) is 3.54. The van der Waals surface area contributed by atoms with Crippen molar-refractivity contribution in [1.82, 2.24) is 3.11 Å². The Balaban J connectivity index is 2.01. The minimum absolute atomic E-state index is 0.321. The van der Waals surface area contributed by atoms with Crippen molar-refractivity contribution in [1.29, 1.82) is 0 Å². The quantitative estimate of drug-likeness (QED) is 0.369. The summed E-state index contributed by atoms with van der Waals surface area (Å²) >= 11 is 2.39. The fraction of sp³-hybridized carbons (Fsp3) is 1.00. The van der Waals surface area contributed by atoms with E-state index in [0.29, 0.717) is 5.60 Å². The molecule has 2 nitrogen and oxygen atoms in total. The molecule has 2 fully saturated rings. The summed E-state index contributed by atoms with van der Waals surface area (Å²) in [7, 11) is 0. The van der Waals surface area contributed by atoms with Gasteiger partial charge in [-0.05, 0) is 6.42 Å². The highest BCUT2D eigenvalue weighted by atomic mass is 127. The maximum absolute atomic E-state index is 5.47. The number of epoxide rings is 1. The van der Waals surface area contributed by atoms with Crippen LogP contribution >= 0.6 is 22.9 Å². The van der Waals surface area contributed by atoms with Crippen LogP contribution in [0.5, 0.6) is 0 Å². The minimum atomic E-state index is 0.321. The standard InChI is InChI=1S/C7H12INO/c1-6-4-9(8)3-2-7(6)5-10-7/h6H,2-5H2,1H3. The summed E-state index contributed by atoms with van der Waals surface area (Å²) in [5, 5.41) is 0. The molecule has 3 heteroatoms. The summed E-state index contributed by atoms with van der Waals surface area (Å²) in [5.41, 5.74) is 0.321. The van der Waals surface area contributed by atoms with E-state index in [9.17, 15) is 0 Å². The molecule has 0 radical (unpaired) electrons. The van der Waals surface area contributed by atoms with Crippen LogP contribution in [0.15, 0.2) is 0 Å². The van der Waals surface area contributed by atoms with Gasteiger partial charge in [0.2, 0.25) is 0 Å². The first-order valence-corrected chi connectivity index (χ1v) is 4.74. The third-order valence-electron chi connectivity index (χ3n) is 2.66. The van der Waals surface area contributed by atoms with Crippen molar-refractivity contribution in [3.63, 3.8) is 0 Å². The smallest absolute Gasteiger partial charge is 0.0966 e. The monoisotopic (exact) mass is 253 g/mol. The van der Waals surface area contributed by atoms with Gasteiger partial charge in [0.25, 0.3) is 0 Å². The SMILES string of the molecule is CC1CN(I)CCC12CO2. The second-order valence-electron chi connectivity index (χ2n) is 3.37. The molecule has 0 aromatic rings. The largest absolute Gasteiger partial charge is 0.369 e. The van der Waals surface area contributed by atoms with Crippen LogP contribution in [0.1, 0.15) is 13.3 Å². The Bertz CT molecular complexity index is 147. The Morgan fingerprint density at radius 1 is 1.70 bits per heavy atom. The molecular weight excluding hydrogens is 241 g/mol. The predicted molar refractivity (Wildman–Crippen MR) is 48.1 cm³/mol. The second-order valence-corrected chi connectivity index (χ2v) is 4.74. The molecule has 2 saturated heterocycles. The Kier molecular flexibility index (Phi) is 1.69. The van der Waals surface area contributed by atoms with E-state index >= 15 is 0 Å². The van der Waals surface area contributed by atoms with Gasteiger partial charge < -0.3 is 4.74 Å². The normalized spacial score (nSPS) is 48.0. The van der Waals surface area contributed by atoms with Crippen molar-refractivity contribution in [3.8, 4) is 0 Å². The van der Waals surface area contributed by atoms with Gasteiger partial charge in [-0.25, -0.2) is 3.11 Å². The maximum atomic E-state index is 5.47. The fourth-order valence-corrected chi connectivity index (χ4v) is 2.47. The number of halogens is 1. The van der Waals surface area contributed by atoms with E-state index < -0.39 is 0 Å². The summed E-state index contributed by atoms with van der Waals surface area (Å²) in [6, 6.07) is 0. The van der Waals surface area contributed by atoms with Gasteiger partial charge in [0, 0.05) is 41.9 Å². The van der Waals surface area contributed by atoms with Crippen LogP contribution in [0.25, 0.3) is 0 Å². The van der Waals surface area contributed by atoms with E-state index in [0.717, 1.165) is 12.5 Å². The van der Waals surface area contributed by atoms with Crippen molar-refractivity contribution in [2.24, 2.45) is 5.92 Å². The lowest BCUT2D eigenvalue weighted by atomic mass is 9.88. The van der Waals surface area contributed by atoms with Crippen molar-refractivity contribution in [2.45, 2.75) is 18.9 Å². The van der Waals surface area contributed by atoms with Gasteiger partial charge >= 0.3 is 0 Å². The number of piperidine rings is 1. The van der Waals surface area contributed by atoms with Gasteiger partial charge in [0.1, 0.15) is 0 Å². The van der Waals surface area contributed by atoms with Crippen LogP contribution in [0, 0.1) is 5.92 Å². The maximum Gasteiger partial charge on any atom is 0.0966 e. The average molecular weight is 253 g/mol. The molecule has 0 N–H and O–H groups in total. The summed E-state index contributed by atoms with van der Waals surface area (Å²) in [6.07, 6.45) is 1.23.